The smallest absolute Gasteiger partial charge is 0.411 e. The molecule has 2 aliphatic rings. The van der Waals surface area contributed by atoms with Crippen molar-refractivity contribution in [2.24, 2.45) is 0 Å². The van der Waals surface area contributed by atoms with Crippen molar-refractivity contribution in [2.45, 2.75) is 64.1 Å². The Balaban J connectivity index is 1.91. The highest BCUT2D eigenvalue weighted by atomic mass is 35.5. The number of hydrogen-bond donors (Lipinski definition) is 0. The molecule has 2 aliphatic heterocycles. The molecule has 0 aromatic heterocycles. The Hall–Kier alpha value is -1.95. The van der Waals surface area contributed by atoms with Crippen LogP contribution in [-0.2, 0) is 20.7 Å². The van der Waals surface area contributed by atoms with Gasteiger partial charge in [0.2, 0.25) is 0 Å². The highest BCUT2D eigenvalue weighted by Gasteiger charge is 2.53. The van der Waals surface area contributed by atoms with E-state index in [0.29, 0.717) is 13.0 Å². The quantitative estimate of drug-likeness (QED) is 0.691. The average molecular weight is 409 g/mol. The Morgan fingerprint density at radius 3 is 2.64 bits per heavy atom. The van der Waals surface area contributed by atoms with Crippen LogP contribution in [0, 0.1) is 0 Å². The van der Waals surface area contributed by atoms with Gasteiger partial charge in [-0.15, -0.1) is 0 Å². The van der Waals surface area contributed by atoms with Crippen LogP contribution in [0.5, 0.6) is 0 Å². The van der Waals surface area contributed by atoms with Gasteiger partial charge in [-0.2, -0.15) is 0 Å². The van der Waals surface area contributed by atoms with Crippen molar-refractivity contribution < 1.29 is 19.1 Å². The van der Waals surface area contributed by atoms with Gasteiger partial charge in [0.25, 0.3) is 0 Å². The minimum Gasteiger partial charge on any atom is -0.467 e. The molecule has 1 fully saturated rings. The summed E-state index contributed by atoms with van der Waals surface area (Å²) in [4.78, 5) is 29.3. The average Bonchev–Trinajstić information content (AvgIpc) is 2.97. The maximum atomic E-state index is 12.9. The van der Waals surface area contributed by atoms with Crippen molar-refractivity contribution >= 4 is 29.4 Å². The number of halogens is 1. The second-order valence-electron chi connectivity index (χ2n) is 8.78. The van der Waals surface area contributed by atoms with E-state index in [1.807, 2.05) is 39.0 Å². The molecule has 1 amide bonds. The fourth-order valence-corrected chi connectivity index (χ4v) is 4.43. The first-order valence-corrected chi connectivity index (χ1v) is 10.1. The number of aryl methyl sites for hydroxylation is 1. The lowest BCUT2D eigenvalue weighted by atomic mass is 9.94. The van der Waals surface area contributed by atoms with E-state index < -0.39 is 23.2 Å². The zero-order valence-corrected chi connectivity index (χ0v) is 18.0. The van der Waals surface area contributed by atoms with E-state index in [-0.39, 0.29) is 6.04 Å². The Bertz CT molecular complexity index is 776. The number of likely N-dealkylation sites (tertiary alicyclic amines) is 1. The van der Waals surface area contributed by atoms with Crippen molar-refractivity contribution in [3.63, 3.8) is 0 Å². The molecule has 6 nitrogen and oxygen atoms in total. The van der Waals surface area contributed by atoms with Crippen molar-refractivity contribution in [1.82, 2.24) is 4.90 Å². The summed E-state index contributed by atoms with van der Waals surface area (Å²) in [5.74, 6) is -0.422. The number of amides is 1. The van der Waals surface area contributed by atoms with E-state index in [9.17, 15) is 9.59 Å². The summed E-state index contributed by atoms with van der Waals surface area (Å²) in [7, 11) is 1.35. The molecule has 0 radical (unpaired) electrons. The van der Waals surface area contributed by atoms with Crippen LogP contribution in [0.1, 0.15) is 46.1 Å². The van der Waals surface area contributed by atoms with Gasteiger partial charge in [-0.1, -0.05) is 11.6 Å². The Kier molecular flexibility index (Phi) is 5.54. The van der Waals surface area contributed by atoms with Gasteiger partial charge in [-0.3, -0.25) is 4.90 Å². The van der Waals surface area contributed by atoms with Gasteiger partial charge in [-0.25, -0.2) is 9.59 Å². The molecule has 28 heavy (non-hydrogen) atoms. The minimum atomic E-state index is -1.06. The van der Waals surface area contributed by atoms with E-state index >= 15 is 0 Å². The Labute approximate surface area is 171 Å². The van der Waals surface area contributed by atoms with Crippen LogP contribution in [0.2, 0.25) is 5.02 Å². The monoisotopic (exact) mass is 408 g/mol. The number of fused-ring (bicyclic) bond motifs is 1. The first-order valence-electron chi connectivity index (χ1n) is 9.69. The van der Waals surface area contributed by atoms with Gasteiger partial charge in [0.05, 0.1) is 7.11 Å². The summed E-state index contributed by atoms with van der Waals surface area (Å²) in [6.45, 7) is 8.49. The van der Waals surface area contributed by atoms with E-state index in [2.05, 4.69) is 4.90 Å². The second-order valence-corrected chi connectivity index (χ2v) is 9.22. The largest absolute Gasteiger partial charge is 0.467 e. The Morgan fingerprint density at radius 2 is 2.00 bits per heavy atom. The molecule has 154 valence electrons. The SMILES string of the molecule is COC(=O)[C@@]1(C)CC(N2CCCc3cc(Cl)ccc32)CN1C(=O)OC(C)(C)C. The maximum Gasteiger partial charge on any atom is 0.411 e. The fourth-order valence-electron chi connectivity index (χ4n) is 4.24. The molecule has 0 spiro atoms. The van der Waals surface area contributed by atoms with E-state index in [1.54, 1.807) is 6.92 Å². The van der Waals surface area contributed by atoms with Gasteiger partial charge < -0.3 is 14.4 Å². The first-order chi connectivity index (χ1) is 13.0. The molecule has 1 aromatic rings. The zero-order chi connectivity index (χ0) is 20.7. The summed E-state index contributed by atoms with van der Waals surface area (Å²) in [6, 6.07) is 5.92. The highest BCUT2D eigenvalue weighted by molar-refractivity contribution is 6.30. The van der Waals surface area contributed by atoms with Crippen molar-refractivity contribution in [3.8, 4) is 0 Å². The summed E-state index contributed by atoms with van der Waals surface area (Å²) < 4.78 is 10.6. The van der Waals surface area contributed by atoms with Crippen LogP contribution in [-0.4, -0.2) is 54.3 Å². The number of nitrogens with zero attached hydrogens (tertiary/aromatic N) is 2. The number of carbonyl (C=O) groups is 2. The van der Waals surface area contributed by atoms with Gasteiger partial charge in [0.15, 0.2) is 0 Å². The normalized spacial score (nSPS) is 24.7. The van der Waals surface area contributed by atoms with Crippen LogP contribution in [0.3, 0.4) is 0 Å². The second kappa shape index (κ2) is 7.47. The summed E-state index contributed by atoms with van der Waals surface area (Å²) in [5, 5.41) is 0.724. The van der Waals surface area contributed by atoms with Crippen molar-refractivity contribution in [1.29, 1.82) is 0 Å². The van der Waals surface area contributed by atoms with E-state index in [1.165, 1.54) is 17.6 Å². The van der Waals surface area contributed by atoms with Crippen LogP contribution in [0.25, 0.3) is 0 Å². The topological polar surface area (TPSA) is 59.1 Å². The summed E-state index contributed by atoms with van der Waals surface area (Å²) in [6.07, 6.45) is 1.98. The van der Waals surface area contributed by atoms with Crippen molar-refractivity contribution in [2.75, 3.05) is 25.1 Å². The molecule has 2 atom stereocenters. The number of methoxy groups -OCH3 is 1. The van der Waals surface area contributed by atoms with Crippen LogP contribution >= 0.6 is 11.6 Å². The number of anilines is 1. The third-order valence-corrected chi connectivity index (χ3v) is 5.73. The number of benzene rings is 1. The standard InChI is InChI=1S/C21H29ClN2O4/c1-20(2,3)28-19(26)24-13-16(12-21(24,4)18(25)27-5)23-10-6-7-14-11-15(22)8-9-17(14)23/h8-9,11,16H,6-7,10,12-13H2,1-5H3/t16?,21-/m1/s1. The third kappa shape index (κ3) is 3.93. The molecule has 1 unspecified atom stereocenters. The van der Waals surface area contributed by atoms with Gasteiger partial charge in [0.1, 0.15) is 11.1 Å². The van der Waals surface area contributed by atoms with Gasteiger partial charge >= 0.3 is 12.1 Å². The molecule has 7 heteroatoms. The van der Waals surface area contributed by atoms with Crippen LogP contribution < -0.4 is 4.90 Å². The molecular weight excluding hydrogens is 380 g/mol. The molecular formula is C21H29ClN2O4. The number of hydrogen-bond acceptors (Lipinski definition) is 5. The molecule has 1 saturated heterocycles. The number of carbonyl (C=O) groups excluding carboxylic acids is 2. The Morgan fingerprint density at radius 1 is 1.29 bits per heavy atom. The number of ether oxygens (including phenoxy) is 2. The summed E-state index contributed by atoms with van der Waals surface area (Å²) >= 11 is 6.17. The van der Waals surface area contributed by atoms with Crippen molar-refractivity contribution in [3.05, 3.63) is 28.8 Å². The van der Waals surface area contributed by atoms with E-state index in [4.69, 9.17) is 21.1 Å². The summed E-state index contributed by atoms with van der Waals surface area (Å²) in [5.41, 5.74) is 0.625. The van der Waals surface area contributed by atoms with E-state index in [0.717, 1.165) is 30.1 Å². The molecule has 1 aromatic carbocycles. The molecule has 0 N–H and O–H groups in total. The maximum absolute atomic E-state index is 12.9. The first kappa shape index (κ1) is 20.8. The fraction of sp³-hybridized carbons (Fsp3) is 0.619. The molecule has 0 bridgehead atoms. The van der Waals surface area contributed by atoms with Gasteiger partial charge in [-0.05, 0) is 64.3 Å². The number of rotatable bonds is 2. The van der Waals surface area contributed by atoms with Crippen LogP contribution in [0.15, 0.2) is 18.2 Å². The predicted octanol–water partition coefficient (Wildman–Crippen LogP) is 4.03. The molecule has 0 saturated carbocycles. The molecule has 2 heterocycles. The predicted molar refractivity (Wildman–Crippen MR) is 109 cm³/mol. The lowest BCUT2D eigenvalue weighted by molar-refractivity contribution is -0.152. The lowest BCUT2D eigenvalue weighted by Crippen LogP contribution is -2.52. The van der Waals surface area contributed by atoms with Crippen LogP contribution in [0.4, 0.5) is 10.5 Å². The number of esters is 1. The third-order valence-electron chi connectivity index (χ3n) is 5.50. The molecule has 0 aliphatic carbocycles. The minimum absolute atomic E-state index is 0.00292. The zero-order valence-electron chi connectivity index (χ0n) is 17.3. The molecule has 3 rings (SSSR count). The van der Waals surface area contributed by atoms with Gasteiger partial charge in [0, 0.05) is 36.3 Å². The highest BCUT2D eigenvalue weighted by Crippen LogP contribution is 2.39. The lowest BCUT2D eigenvalue weighted by Gasteiger charge is -2.36.